The third-order valence-corrected chi connectivity index (χ3v) is 3.80. The fourth-order valence-corrected chi connectivity index (χ4v) is 2.62. The molecule has 3 N–H and O–H groups in total. The zero-order valence-electron chi connectivity index (χ0n) is 10.6. The van der Waals surface area contributed by atoms with E-state index in [9.17, 15) is 0 Å². The summed E-state index contributed by atoms with van der Waals surface area (Å²) in [6, 6.07) is 0.403. The van der Waals surface area contributed by atoms with Crippen LogP contribution in [0.4, 0.5) is 0 Å². The molecule has 1 fully saturated rings. The van der Waals surface area contributed by atoms with Crippen LogP contribution in [0, 0.1) is 0 Å². The molecule has 15 heavy (non-hydrogen) atoms. The van der Waals surface area contributed by atoms with Crippen molar-refractivity contribution in [2.24, 2.45) is 5.84 Å². The van der Waals surface area contributed by atoms with Crippen LogP contribution >= 0.6 is 0 Å². The molecule has 0 spiro atoms. The van der Waals surface area contributed by atoms with Crippen molar-refractivity contribution < 1.29 is 0 Å². The van der Waals surface area contributed by atoms with Crippen LogP contribution in [0.5, 0.6) is 0 Å². The first-order valence-corrected chi connectivity index (χ1v) is 6.34. The number of nitrogens with one attached hydrogen (secondary N) is 1. The summed E-state index contributed by atoms with van der Waals surface area (Å²) >= 11 is 0. The highest BCUT2D eigenvalue weighted by Gasteiger charge is 2.34. The lowest BCUT2D eigenvalue weighted by atomic mass is 9.88. The van der Waals surface area contributed by atoms with E-state index in [1.807, 2.05) is 0 Å². The molecule has 1 atom stereocenters. The van der Waals surface area contributed by atoms with Gasteiger partial charge in [-0.1, -0.05) is 19.8 Å². The predicted octanol–water partition coefficient (Wildman–Crippen LogP) is 1.88. The Hall–Kier alpha value is -0.120. The largest absolute Gasteiger partial charge is 0.297 e. The maximum absolute atomic E-state index is 5.67. The lowest BCUT2D eigenvalue weighted by molar-refractivity contribution is 0.0580. The number of hydrogen-bond acceptors (Lipinski definition) is 3. The Bertz CT molecular complexity index is 167. The third-order valence-electron chi connectivity index (χ3n) is 3.80. The normalized spacial score (nSPS) is 21.6. The Balaban J connectivity index is 2.60. The second-order valence-electron chi connectivity index (χ2n) is 5.21. The van der Waals surface area contributed by atoms with Crippen LogP contribution < -0.4 is 11.3 Å². The van der Waals surface area contributed by atoms with Crippen molar-refractivity contribution in [2.45, 2.75) is 64.5 Å². The van der Waals surface area contributed by atoms with Crippen molar-refractivity contribution in [2.75, 3.05) is 13.1 Å². The van der Waals surface area contributed by atoms with Crippen molar-refractivity contribution >= 4 is 0 Å². The molecule has 0 aromatic carbocycles. The molecule has 1 saturated heterocycles. The minimum Gasteiger partial charge on any atom is -0.297 e. The van der Waals surface area contributed by atoms with Gasteiger partial charge in [0.2, 0.25) is 0 Å². The van der Waals surface area contributed by atoms with Gasteiger partial charge in [-0.25, -0.2) is 0 Å². The van der Waals surface area contributed by atoms with Gasteiger partial charge in [0.05, 0.1) is 0 Å². The second kappa shape index (κ2) is 5.83. The SMILES string of the molecule is CCCC(NN)C(C)(C)N1CCCCC1. The third kappa shape index (κ3) is 3.16. The molecule has 0 aromatic heterocycles. The van der Waals surface area contributed by atoms with Gasteiger partial charge in [0.1, 0.15) is 0 Å². The summed E-state index contributed by atoms with van der Waals surface area (Å²) in [5.74, 6) is 5.67. The van der Waals surface area contributed by atoms with Crippen LogP contribution in [-0.2, 0) is 0 Å². The summed E-state index contributed by atoms with van der Waals surface area (Å²) in [4.78, 5) is 2.59. The average molecular weight is 213 g/mol. The Morgan fingerprint density at radius 2 is 1.87 bits per heavy atom. The fourth-order valence-electron chi connectivity index (χ4n) is 2.62. The highest BCUT2D eigenvalue weighted by Crippen LogP contribution is 2.25. The first kappa shape index (κ1) is 12.9. The summed E-state index contributed by atoms with van der Waals surface area (Å²) in [5.41, 5.74) is 3.18. The number of nitrogens with two attached hydrogens (primary N) is 1. The molecule has 0 bridgehead atoms. The summed E-state index contributed by atoms with van der Waals surface area (Å²) in [6.45, 7) is 9.32. The van der Waals surface area contributed by atoms with Crippen LogP contribution in [-0.4, -0.2) is 29.6 Å². The van der Waals surface area contributed by atoms with Crippen molar-refractivity contribution in [3.63, 3.8) is 0 Å². The molecule has 1 heterocycles. The number of piperidine rings is 1. The predicted molar refractivity (Wildman–Crippen MR) is 65.5 cm³/mol. The van der Waals surface area contributed by atoms with Crippen LogP contribution in [0.2, 0.25) is 0 Å². The quantitative estimate of drug-likeness (QED) is 0.541. The van der Waals surface area contributed by atoms with Gasteiger partial charge >= 0.3 is 0 Å². The van der Waals surface area contributed by atoms with E-state index in [-0.39, 0.29) is 5.54 Å². The molecule has 3 nitrogen and oxygen atoms in total. The Morgan fingerprint density at radius 3 is 2.33 bits per heavy atom. The second-order valence-corrected chi connectivity index (χ2v) is 5.21. The highest BCUT2D eigenvalue weighted by molar-refractivity contribution is 4.93. The van der Waals surface area contributed by atoms with Crippen LogP contribution in [0.1, 0.15) is 52.9 Å². The summed E-state index contributed by atoms with van der Waals surface area (Å²) in [6.07, 6.45) is 6.41. The molecule has 0 aliphatic carbocycles. The van der Waals surface area contributed by atoms with Crippen molar-refractivity contribution in [3.8, 4) is 0 Å². The van der Waals surface area contributed by atoms with E-state index in [0.29, 0.717) is 6.04 Å². The van der Waals surface area contributed by atoms with Gasteiger partial charge in [-0.2, -0.15) is 0 Å². The smallest absolute Gasteiger partial charge is 0.0389 e. The monoisotopic (exact) mass is 213 g/mol. The lowest BCUT2D eigenvalue weighted by Gasteiger charge is -2.45. The molecule has 0 aromatic rings. The van der Waals surface area contributed by atoms with E-state index in [4.69, 9.17) is 5.84 Å². The molecule has 1 aliphatic rings. The zero-order valence-corrected chi connectivity index (χ0v) is 10.6. The summed E-state index contributed by atoms with van der Waals surface area (Å²) in [5, 5.41) is 0. The van der Waals surface area contributed by atoms with E-state index in [1.165, 1.54) is 38.8 Å². The Morgan fingerprint density at radius 1 is 1.27 bits per heavy atom. The topological polar surface area (TPSA) is 41.3 Å². The summed E-state index contributed by atoms with van der Waals surface area (Å²) in [7, 11) is 0. The Kier molecular flexibility index (Phi) is 5.03. The number of likely N-dealkylation sites (tertiary alicyclic amines) is 1. The highest BCUT2D eigenvalue weighted by atomic mass is 15.3. The minimum absolute atomic E-state index is 0.186. The molecular formula is C12H27N3. The van der Waals surface area contributed by atoms with Crippen LogP contribution in [0.3, 0.4) is 0 Å². The van der Waals surface area contributed by atoms with Crippen LogP contribution in [0.15, 0.2) is 0 Å². The fraction of sp³-hybridized carbons (Fsp3) is 1.00. The zero-order chi connectivity index (χ0) is 11.3. The molecule has 90 valence electrons. The lowest BCUT2D eigenvalue weighted by Crippen LogP contribution is -2.60. The van der Waals surface area contributed by atoms with E-state index >= 15 is 0 Å². The van der Waals surface area contributed by atoms with Crippen molar-refractivity contribution in [1.82, 2.24) is 10.3 Å². The van der Waals surface area contributed by atoms with Crippen molar-refractivity contribution in [3.05, 3.63) is 0 Å². The number of hydrazine groups is 1. The molecular weight excluding hydrogens is 186 g/mol. The molecule has 0 amide bonds. The summed E-state index contributed by atoms with van der Waals surface area (Å²) < 4.78 is 0. The standard InChI is InChI=1S/C12H27N3/c1-4-8-11(14-13)12(2,3)15-9-6-5-7-10-15/h11,14H,4-10,13H2,1-3H3. The van der Waals surface area contributed by atoms with E-state index < -0.39 is 0 Å². The first-order chi connectivity index (χ1) is 7.12. The van der Waals surface area contributed by atoms with Gasteiger partial charge in [0, 0.05) is 11.6 Å². The van der Waals surface area contributed by atoms with E-state index in [1.54, 1.807) is 0 Å². The van der Waals surface area contributed by atoms with E-state index in [0.717, 1.165) is 6.42 Å². The molecule has 1 rings (SSSR count). The molecule has 0 radical (unpaired) electrons. The van der Waals surface area contributed by atoms with Gasteiger partial charge in [-0.15, -0.1) is 0 Å². The van der Waals surface area contributed by atoms with Crippen molar-refractivity contribution in [1.29, 1.82) is 0 Å². The molecule has 3 heteroatoms. The molecule has 1 unspecified atom stereocenters. The average Bonchev–Trinajstić information content (AvgIpc) is 2.27. The van der Waals surface area contributed by atoms with Gasteiger partial charge in [0.25, 0.3) is 0 Å². The van der Waals surface area contributed by atoms with E-state index in [2.05, 4.69) is 31.1 Å². The number of nitrogens with zero attached hydrogens (tertiary/aromatic N) is 1. The van der Waals surface area contributed by atoms with Gasteiger partial charge in [-0.05, 0) is 46.2 Å². The van der Waals surface area contributed by atoms with Crippen LogP contribution in [0.25, 0.3) is 0 Å². The maximum atomic E-state index is 5.67. The molecule has 1 aliphatic heterocycles. The number of rotatable bonds is 5. The first-order valence-electron chi connectivity index (χ1n) is 6.34. The molecule has 0 saturated carbocycles. The number of hydrogen-bond donors (Lipinski definition) is 2. The Labute approximate surface area is 94.4 Å². The van der Waals surface area contributed by atoms with Gasteiger partial charge in [-0.3, -0.25) is 16.2 Å². The maximum Gasteiger partial charge on any atom is 0.0389 e. The van der Waals surface area contributed by atoms with Gasteiger partial charge in [0.15, 0.2) is 0 Å². The van der Waals surface area contributed by atoms with Gasteiger partial charge < -0.3 is 0 Å². The minimum atomic E-state index is 0.186.